The molecule has 0 aliphatic carbocycles. The third-order valence-electron chi connectivity index (χ3n) is 5.82. The van der Waals surface area contributed by atoms with Gasteiger partial charge in [-0.2, -0.15) is 0 Å². The Hall–Kier alpha value is -2.85. The van der Waals surface area contributed by atoms with Crippen LogP contribution in [0.15, 0.2) is 18.2 Å². The molecule has 1 aromatic heterocycles. The summed E-state index contributed by atoms with van der Waals surface area (Å²) in [6.07, 6.45) is 0.752. The molecule has 5 rings (SSSR count). The molecule has 33 heavy (non-hydrogen) atoms. The summed E-state index contributed by atoms with van der Waals surface area (Å²) in [7, 11) is 0. The van der Waals surface area contributed by atoms with Crippen LogP contribution in [0, 0.1) is 0 Å². The maximum atomic E-state index is 12.5. The number of carbonyl (C=O) groups excluding carboxylic acids is 1. The molecule has 4 heterocycles. The van der Waals surface area contributed by atoms with Gasteiger partial charge in [-0.15, -0.1) is 0 Å². The molecular formula is C23H31N5O4S. The van der Waals surface area contributed by atoms with E-state index in [-0.39, 0.29) is 11.4 Å². The van der Waals surface area contributed by atoms with E-state index >= 15 is 0 Å². The Balaban J connectivity index is 0.000000601. The molecule has 9 nitrogen and oxygen atoms in total. The number of fused-ring (bicyclic) bond motifs is 2. The fourth-order valence-electron chi connectivity index (χ4n) is 4.39. The number of piperazine rings is 1. The molecule has 1 atom stereocenters. The van der Waals surface area contributed by atoms with E-state index < -0.39 is 5.97 Å². The number of nitrogens with one attached hydrogen (secondary N) is 2. The predicted octanol–water partition coefficient (Wildman–Crippen LogP) is 2.63. The lowest BCUT2D eigenvalue weighted by Gasteiger charge is -2.37. The molecule has 178 valence electrons. The van der Waals surface area contributed by atoms with Crippen molar-refractivity contribution in [2.24, 2.45) is 0 Å². The van der Waals surface area contributed by atoms with Gasteiger partial charge < -0.3 is 30.3 Å². The number of aliphatic carboxylic acids is 1. The van der Waals surface area contributed by atoms with Gasteiger partial charge in [-0.1, -0.05) is 11.3 Å². The van der Waals surface area contributed by atoms with Crippen molar-refractivity contribution in [3.05, 3.63) is 28.8 Å². The van der Waals surface area contributed by atoms with Gasteiger partial charge in [-0.25, -0.2) is 4.98 Å². The average Bonchev–Trinajstić information content (AvgIpc) is 3.16. The second-order valence-electron chi connectivity index (χ2n) is 9.20. The van der Waals surface area contributed by atoms with Crippen molar-refractivity contribution in [2.75, 3.05) is 42.6 Å². The molecule has 0 bridgehead atoms. The maximum Gasteiger partial charge on any atom is 0.300 e. The second-order valence-corrected chi connectivity index (χ2v) is 10.2. The lowest BCUT2D eigenvalue weighted by molar-refractivity contribution is -0.134. The number of thiazole rings is 1. The average molecular weight is 474 g/mol. The van der Waals surface area contributed by atoms with Crippen LogP contribution in [0.3, 0.4) is 0 Å². The van der Waals surface area contributed by atoms with Crippen LogP contribution in [0.25, 0.3) is 0 Å². The zero-order chi connectivity index (χ0) is 23.8. The summed E-state index contributed by atoms with van der Waals surface area (Å²) in [5, 5.41) is 14.8. The summed E-state index contributed by atoms with van der Waals surface area (Å²) in [6.45, 7) is 11.7. The van der Waals surface area contributed by atoms with E-state index in [1.165, 1.54) is 17.0 Å². The van der Waals surface area contributed by atoms with Crippen molar-refractivity contribution in [1.82, 2.24) is 15.6 Å². The third kappa shape index (κ3) is 5.06. The number of amides is 1. The van der Waals surface area contributed by atoms with Gasteiger partial charge in [0.25, 0.3) is 11.9 Å². The molecule has 2 aromatic rings. The molecule has 1 amide bonds. The molecule has 1 fully saturated rings. The van der Waals surface area contributed by atoms with Crippen LogP contribution in [-0.2, 0) is 11.2 Å². The summed E-state index contributed by atoms with van der Waals surface area (Å²) >= 11 is 1.48. The highest BCUT2D eigenvalue weighted by molar-refractivity contribution is 7.17. The SMILES string of the molecule is CC(=O)O.CC1CNCCN1c1ccc2c(c1)OCCN2c1nc2c(s1)C(=O)NC(C)(C)C2. The first-order valence-corrected chi connectivity index (χ1v) is 12.0. The highest BCUT2D eigenvalue weighted by Crippen LogP contribution is 2.42. The fourth-order valence-corrected chi connectivity index (χ4v) is 5.41. The number of carbonyl (C=O) groups is 2. The fraction of sp³-hybridized carbons (Fsp3) is 0.522. The molecule has 3 N–H and O–H groups in total. The standard InChI is InChI=1S/C21H27N5O2S.C2H4O2/c1-13-12-22-6-7-25(13)14-4-5-16-17(10-14)28-9-8-26(16)20-23-15-11-21(2,3)24-19(27)18(15)29-20;1-2(3)4/h4-5,10,13,22H,6-9,11-12H2,1-3H3,(H,24,27);1H3,(H,3,4). The molecule has 0 saturated carbocycles. The molecule has 1 saturated heterocycles. The van der Waals surface area contributed by atoms with Gasteiger partial charge in [0, 0.05) is 56.3 Å². The summed E-state index contributed by atoms with van der Waals surface area (Å²) < 4.78 is 6.01. The number of carboxylic acid groups (broad SMARTS) is 1. The van der Waals surface area contributed by atoms with Gasteiger partial charge in [0.15, 0.2) is 5.13 Å². The van der Waals surface area contributed by atoms with Gasteiger partial charge >= 0.3 is 0 Å². The Labute approximate surface area is 197 Å². The Morgan fingerprint density at radius 2 is 2.09 bits per heavy atom. The van der Waals surface area contributed by atoms with E-state index in [0.29, 0.717) is 12.6 Å². The van der Waals surface area contributed by atoms with Gasteiger partial charge in [0.05, 0.1) is 17.9 Å². The van der Waals surface area contributed by atoms with E-state index in [1.807, 2.05) is 13.8 Å². The van der Waals surface area contributed by atoms with Crippen LogP contribution in [0.5, 0.6) is 5.75 Å². The van der Waals surface area contributed by atoms with Crippen LogP contribution in [0.2, 0.25) is 0 Å². The lowest BCUT2D eigenvalue weighted by atomic mass is 9.94. The zero-order valence-electron chi connectivity index (χ0n) is 19.5. The first-order chi connectivity index (χ1) is 15.6. The van der Waals surface area contributed by atoms with Crippen molar-refractivity contribution in [3.63, 3.8) is 0 Å². The number of hydrogen-bond donors (Lipinski definition) is 3. The zero-order valence-corrected chi connectivity index (χ0v) is 20.3. The van der Waals surface area contributed by atoms with Crippen molar-refractivity contribution in [2.45, 2.75) is 45.7 Å². The van der Waals surface area contributed by atoms with Crippen LogP contribution >= 0.6 is 11.3 Å². The third-order valence-corrected chi connectivity index (χ3v) is 6.94. The van der Waals surface area contributed by atoms with Gasteiger partial charge in [-0.05, 0) is 32.9 Å². The van der Waals surface area contributed by atoms with Crippen LogP contribution in [-0.4, -0.2) is 66.3 Å². The Bertz CT molecular complexity index is 1050. The van der Waals surface area contributed by atoms with E-state index in [2.05, 4.69) is 45.6 Å². The van der Waals surface area contributed by atoms with E-state index in [9.17, 15) is 4.79 Å². The minimum Gasteiger partial charge on any atom is -0.489 e. The largest absolute Gasteiger partial charge is 0.489 e. The Morgan fingerprint density at radius 3 is 2.82 bits per heavy atom. The highest BCUT2D eigenvalue weighted by atomic mass is 32.1. The topological polar surface area (TPSA) is 107 Å². The maximum absolute atomic E-state index is 12.5. The van der Waals surface area contributed by atoms with Crippen LogP contribution in [0.1, 0.15) is 43.1 Å². The normalized spacial score (nSPS) is 21.1. The van der Waals surface area contributed by atoms with Gasteiger partial charge in [0.2, 0.25) is 0 Å². The molecular weight excluding hydrogens is 442 g/mol. The molecule has 0 spiro atoms. The summed E-state index contributed by atoms with van der Waals surface area (Å²) in [5.74, 6) is 0.0361. The summed E-state index contributed by atoms with van der Waals surface area (Å²) in [5.41, 5.74) is 2.86. The molecule has 10 heteroatoms. The monoisotopic (exact) mass is 473 g/mol. The van der Waals surface area contributed by atoms with E-state index in [1.54, 1.807) is 0 Å². The molecule has 0 radical (unpaired) electrons. The number of nitrogens with zero attached hydrogens (tertiary/aromatic N) is 3. The molecule has 3 aliphatic heterocycles. The minimum absolute atomic E-state index is 0.0171. The number of hydrogen-bond acceptors (Lipinski definition) is 8. The second kappa shape index (κ2) is 9.18. The number of aromatic nitrogens is 1. The number of rotatable bonds is 2. The smallest absolute Gasteiger partial charge is 0.300 e. The van der Waals surface area contributed by atoms with Crippen molar-refractivity contribution < 1.29 is 19.4 Å². The summed E-state index contributed by atoms with van der Waals surface area (Å²) in [4.78, 5) is 31.7. The van der Waals surface area contributed by atoms with E-state index in [0.717, 1.165) is 66.7 Å². The van der Waals surface area contributed by atoms with Gasteiger partial charge in [0.1, 0.15) is 17.2 Å². The van der Waals surface area contributed by atoms with Crippen LogP contribution < -0.4 is 25.2 Å². The van der Waals surface area contributed by atoms with Crippen LogP contribution in [0.4, 0.5) is 16.5 Å². The highest BCUT2D eigenvalue weighted by Gasteiger charge is 2.35. The number of benzene rings is 1. The van der Waals surface area contributed by atoms with Crippen molar-refractivity contribution >= 4 is 39.7 Å². The lowest BCUT2D eigenvalue weighted by Crippen LogP contribution is -2.49. The number of carboxylic acids is 1. The molecule has 3 aliphatic rings. The van der Waals surface area contributed by atoms with Gasteiger partial charge in [-0.3, -0.25) is 9.59 Å². The van der Waals surface area contributed by atoms with Crippen molar-refractivity contribution in [3.8, 4) is 5.75 Å². The van der Waals surface area contributed by atoms with E-state index in [4.69, 9.17) is 19.6 Å². The number of anilines is 3. The molecule has 1 aromatic carbocycles. The number of ether oxygens (including phenoxy) is 1. The predicted molar refractivity (Wildman–Crippen MR) is 129 cm³/mol. The van der Waals surface area contributed by atoms with Crippen molar-refractivity contribution in [1.29, 1.82) is 0 Å². The quantitative estimate of drug-likeness (QED) is 0.611. The minimum atomic E-state index is -0.833. The molecule has 1 unspecified atom stereocenters. The summed E-state index contributed by atoms with van der Waals surface area (Å²) in [6, 6.07) is 6.90. The first-order valence-electron chi connectivity index (χ1n) is 11.2. The Kier molecular flexibility index (Phi) is 6.49. The Morgan fingerprint density at radius 1 is 1.33 bits per heavy atom. The first kappa shape index (κ1) is 23.3.